The molecule has 8 heteroatoms. The average Bonchev–Trinajstić information content (AvgIpc) is 3.28. The van der Waals surface area contributed by atoms with E-state index in [0.29, 0.717) is 13.1 Å². The van der Waals surface area contributed by atoms with E-state index in [4.69, 9.17) is 0 Å². The topological polar surface area (TPSA) is 51.2 Å². The van der Waals surface area contributed by atoms with Crippen molar-refractivity contribution in [3.05, 3.63) is 53.4 Å². The Kier molecular flexibility index (Phi) is 9.72. The third-order valence-corrected chi connectivity index (χ3v) is 5.89. The van der Waals surface area contributed by atoms with Gasteiger partial charge >= 0.3 is 0 Å². The second-order valence-electron chi connectivity index (χ2n) is 6.72. The zero-order valence-corrected chi connectivity index (χ0v) is 20.2. The first-order valence-corrected chi connectivity index (χ1v) is 10.6. The van der Waals surface area contributed by atoms with Crippen molar-refractivity contribution in [2.24, 2.45) is 4.99 Å². The quantitative estimate of drug-likeness (QED) is 0.357. The summed E-state index contributed by atoms with van der Waals surface area (Å²) in [5.41, 5.74) is 1.15. The van der Waals surface area contributed by atoms with Crippen molar-refractivity contribution >= 4 is 52.2 Å². The summed E-state index contributed by atoms with van der Waals surface area (Å²) in [4.78, 5) is 23.6. The van der Waals surface area contributed by atoms with Gasteiger partial charge in [0.15, 0.2) is 5.96 Å². The van der Waals surface area contributed by atoms with Gasteiger partial charge in [0.2, 0.25) is 5.91 Å². The molecule has 1 aromatic carbocycles. The van der Waals surface area contributed by atoms with E-state index in [-0.39, 0.29) is 36.4 Å². The zero-order valence-electron chi connectivity index (χ0n) is 17.1. The molecule has 0 radical (unpaired) electrons. The SMILES string of the molecule is CCN(Cc1ccccc1)C(=O)CNC(=NC)N1CCN(c2cccs2)CC1.I. The Morgan fingerprint density at radius 3 is 2.45 bits per heavy atom. The minimum absolute atomic E-state index is 0. The molecule has 1 N–H and O–H groups in total. The van der Waals surface area contributed by atoms with Crippen LogP contribution in [0.4, 0.5) is 5.00 Å². The smallest absolute Gasteiger partial charge is 0.242 e. The lowest BCUT2D eigenvalue weighted by Crippen LogP contribution is -2.53. The van der Waals surface area contributed by atoms with Gasteiger partial charge in [-0.15, -0.1) is 35.3 Å². The Morgan fingerprint density at radius 2 is 1.86 bits per heavy atom. The van der Waals surface area contributed by atoms with Crippen LogP contribution in [0.25, 0.3) is 0 Å². The van der Waals surface area contributed by atoms with Gasteiger partial charge < -0.3 is 20.0 Å². The van der Waals surface area contributed by atoms with E-state index in [1.165, 1.54) is 5.00 Å². The van der Waals surface area contributed by atoms with Gasteiger partial charge in [-0.05, 0) is 30.0 Å². The number of carbonyl (C=O) groups is 1. The van der Waals surface area contributed by atoms with Crippen LogP contribution in [-0.4, -0.2) is 68.0 Å². The Bertz CT molecular complexity index is 761. The molecule has 158 valence electrons. The van der Waals surface area contributed by atoms with E-state index in [1.807, 2.05) is 30.0 Å². The van der Waals surface area contributed by atoms with Gasteiger partial charge in [-0.25, -0.2) is 0 Å². The van der Waals surface area contributed by atoms with Crippen LogP contribution in [0.3, 0.4) is 0 Å². The van der Waals surface area contributed by atoms with Crippen molar-refractivity contribution in [1.82, 2.24) is 15.1 Å². The summed E-state index contributed by atoms with van der Waals surface area (Å²) in [7, 11) is 1.78. The first-order valence-electron chi connectivity index (χ1n) is 9.77. The number of halogens is 1. The highest BCUT2D eigenvalue weighted by molar-refractivity contribution is 14.0. The number of nitrogens with zero attached hydrogens (tertiary/aromatic N) is 4. The molecule has 2 heterocycles. The Hall–Kier alpha value is -1.81. The molecule has 1 aromatic heterocycles. The van der Waals surface area contributed by atoms with E-state index in [0.717, 1.165) is 37.7 Å². The standard InChI is InChI=1S/C21H29N5OS.HI/c1-3-24(17-18-8-5-4-6-9-18)19(27)16-23-21(22-2)26-13-11-25(12-14-26)20-10-7-15-28-20;/h4-10,15H,3,11-14,16-17H2,1-2H3,(H,22,23);1H. The van der Waals surface area contributed by atoms with Crippen LogP contribution in [-0.2, 0) is 11.3 Å². The summed E-state index contributed by atoms with van der Waals surface area (Å²) in [5, 5.41) is 6.69. The molecule has 0 bridgehead atoms. The molecule has 0 atom stereocenters. The number of hydrogen-bond donors (Lipinski definition) is 1. The van der Waals surface area contributed by atoms with E-state index in [2.05, 4.69) is 49.8 Å². The average molecular weight is 527 g/mol. The third-order valence-electron chi connectivity index (χ3n) is 4.96. The third kappa shape index (κ3) is 6.60. The number of guanidine groups is 1. The highest BCUT2D eigenvalue weighted by Crippen LogP contribution is 2.22. The lowest BCUT2D eigenvalue weighted by atomic mass is 10.2. The number of piperazine rings is 1. The number of likely N-dealkylation sites (N-methyl/N-ethyl adjacent to an activating group) is 1. The minimum atomic E-state index is 0. The molecule has 29 heavy (non-hydrogen) atoms. The lowest BCUT2D eigenvalue weighted by Gasteiger charge is -2.37. The molecule has 0 unspecified atom stereocenters. The van der Waals surface area contributed by atoms with E-state index >= 15 is 0 Å². The molecular formula is C21H30IN5OS. The molecule has 6 nitrogen and oxygen atoms in total. The minimum Gasteiger partial charge on any atom is -0.360 e. The van der Waals surface area contributed by atoms with Crippen LogP contribution in [0.5, 0.6) is 0 Å². The molecule has 1 amide bonds. The highest BCUT2D eigenvalue weighted by Gasteiger charge is 2.21. The molecule has 0 saturated carbocycles. The van der Waals surface area contributed by atoms with Gasteiger partial charge in [0, 0.05) is 46.3 Å². The lowest BCUT2D eigenvalue weighted by molar-refractivity contribution is -0.130. The second-order valence-corrected chi connectivity index (χ2v) is 7.65. The number of carbonyl (C=O) groups excluding carboxylic acids is 1. The predicted octanol–water partition coefficient (Wildman–Crippen LogP) is 3.11. The molecule has 1 saturated heterocycles. The van der Waals surface area contributed by atoms with Crippen LogP contribution in [0, 0.1) is 0 Å². The van der Waals surface area contributed by atoms with Gasteiger partial charge in [-0.2, -0.15) is 0 Å². The Morgan fingerprint density at radius 1 is 1.14 bits per heavy atom. The fourth-order valence-electron chi connectivity index (χ4n) is 3.37. The maximum atomic E-state index is 12.7. The maximum absolute atomic E-state index is 12.7. The van der Waals surface area contributed by atoms with Crippen molar-refractivity contribution < 1.29 is 4.79 Å². The highest BCUT2D eigenvalue weighted by atomic mass is 127. The fourth-order valence-corrected chi connectivity index (χ4v) is 4.15. The molecule has 1 aliphatic rings. The normalized spacial score (nSPS) is 14.3. The number of aliphatic imine (C=N–C) groups is 1. The van der Waals surface area contributed by atoms with Gasteiger partial charge in [0.25, 0.3) is 0 Å². The van der Waals surface area contributed by atoms with E-state index in [1.54, 1.807) is 18.4 Å². The Balaban J connectivity index is 0.00000300. The maximum Gasteiger partial charge on any atom is 0.242 e. The summed E-state index contributed by atoms with van der Waals surface area (Å²) in [6, 6.07) is 14.4. The van der Waals surface area contributed by atoms with Crippen LogP contribution in [0.15, 0.2) is 52.8 Å². The number of hydrogen-bond acceptors (Lipinski definition) is 4. The van der Waals surface area contributed by atoms with E-state index < -0.39 is 0 Å². The number of anilines is 1. The van der Waals surface area contributed by atoms with Crippen molar-refractivity contribution in [2.75, 3.05) is 51.2 Å². The number of thiophene rings is 1. The first-order chi connectivity index (χ1) is 13.7. The van der Waals surface area contributed by atoms with Crippen molar-refractivity contribution in [3.8, 4) is 0 Å². The number of benzene rings is 1. The van der Waals surface area contributed by atoms with Crippen molar-refractivity contribution in [1.29, 1.82) is 0 Å². The summed E-state index contributed by atoms with van der Waals surface area (Å²) in [5.74, 6) is 0.889. The van der Waals surface area contributed by atoms with Gasteiger partial charge in [-0.1, -0.05) is 30.3 Å². The predicted molar refractivity (Wildman–Crippen MR) is 132 cm³/mol. The van der Waals surface area contributed by atoms with Crippen LogP contribution >= 0.6 is 35.3 Å². The number of rotatable bonds is 6. The van der Waals surface area contributed by atoms with E-state index in [9.17, 15) is 4.79 Å². The van der Waals surface area contributed by atoms with Gasteiger partial charge in [-0.3, -0.25) is 9.79 Å². The van der Waals surface area contributed by atoms with Crippen molar-refractivity contribution in [2.45, 2.75) is 13.5 Å². The van der Waals surface area contributed by atoms with Gasteiger partial charge in [0.1, 0.15) is 0 Å². The van der Waals surface area contributed by atoms with Crippen molar-refractivity contribution in [3.63, 3.8) is 0 Å². The zero-order chi connectivity index (χ0) is 19.8. The molecule has 0 aliphatic carbocycles. The first kappa shape index (κ1) is 23.5. The summed E-state index contributed by atoms with van der Waals surface area (Å²) < 4.78 is 0. The number of nitrogens with one attached hydrogen (secondary N) is 1. The van der Waals surface area contributed by atoms with Gasteiger partial charge in [0.05, 0.1) is 11.5 Å². The Labute approximate surface area is 194 Å². The molecule has 3 rings (SSSR count). The van der Waals surface area contributed by atoms with Crippen LogP contribution in [0.2, 0.25) is 0 Å². The molecule has 1 aliphatic heterocycles. The molecular weight excluding hydrogens is 497 g/mol. The molecule has 2 aromatic rings. The second kappa shape index (κ2) is 12.0. The monoisotopic (exact) mass is 527 g/mol. The van der Waals surface area contributed by atoms with Crippen LogP contribution in [0.1, 0.15) is 12.5 Å². The summed E-state index contributed by atoms with van der Waals surface area (Å²) >= 11 is 1.78. The molecule has 0 spiro atoms. The summed E-state index contributed by atoms with van der Waals surface area (Å²) in [6.45, 7) is 7.32. The fraction of sp³-hybridized carbons (Fsp3) is 0.429. The number of amides is 1. The molecule has 1 fully saturated rings. The van der Waals surface area contributed by atoms with Crippen LogP contribution < -0.4 is 10.2 Å². The summed E-state index contributed by atoms with van der Waals surface area (Å²) in [6.07, 6.45) is 0. The largest absolute Gasteiger partial charge is 0.360 e.